The normalized spacial score (nSPS) is 17.5. The first kappa shape index (κ1) is 21.2. The summed E-state index contributed by atoms with van der Waals surface area (Å²) in [5.74, 6) is 1.37. The Hall–Kier alpha value is -2.15. The lowest BCUT2D eigenvalue weighted by atomic mass is 9.84. The summed E-state index contributed by atoms with van der Waals surface area (Å²) >= 11 is 0. The number of fused-ring (bicyclic) bond motifs is 3. The van der Waals surface area contributed by atoms with Crippen molar-refractivity contribution < 1.29 is 15.7 Å². The van der Waals surface area contributed by atoms with Crippen LogP contribution in [0.3, 0.4) is 0 Å². The lowest BCUT2D eigenvalue weighted by Crippen LogP contribution is -2.27. The summed E-state index contributed by atoms with van der Waals surface area (Å²) in [5.41, 5.74) is 5.01. The number of para-hydroxylation sites is 1. The first-order valence-corrected chi connectivity index (χ1v) is 8.89. The Morgan fingerprint density at radius 2 is 2.04 bits per heavy atom. The molecule has 0 radical (unpaired) electrons. The molecular weight excluding hydrogens is 366 g/mol. The zero-order valence-corrected chi connectivity index (χ0v) is 16.2. The fourth-order valence-corrected chi connectivity index (χ4v) is 4.60. The highest BCUT2D eigenvalue weighted by Crippen LogP contribution is 2.38. The van der Waals surface area contributed by atoms with Crippen molar-refractivity contribution in [2.24, 2.45) is 5.92 Å². The van der Waals surface area contributed by atoms with E-state index in [0.29, 0.717) is 5.78 Å². The summed E-state index contributed by atoms with van der Waals surface area (Å²) in [6.07, 6.45) is 8.05. The Kier molecular flexibility index (Phi) is 6.14. The number of aryl methyl sites for hydroxylation is 3. The lowest BCUT2D eigenvalue weighted by Gasteiger charge is -2.24. The molecule has 3 aromatic rings. The van der Waals surface area contributed by atoms with Crippen molar-refractivity contribution in [1.29, 1.82) is 0 Å². The van der Waals surface area contributed by atoms with E-state index in [2.05, 4.69) is 32.3 Å². The molecule has 0 spiro atoms. The van der Waals surface area contributed by atoms with Gasteiger partial charge in [0.25, 0.3) is 0 Å². The van der Waals surface area contributed by atoms with Crippen LogP contribution in [0.1, 0.15) is 40.3 Å². The molecule has 5 rings (SSSR count). The van der Waals surface area contributed by atoms with Crippen LogP contribution in [0.25, 0.3) is 10.9 Å². The summed E-state index contributed by atoms with van der Waals surface area (Å²) in [6.45, 7) is 3.80. The number of hydrogen-bond acceptors (Lipinski definition) is 2. The molecule has 7 heteroatoms. The minimum Gasteiger partial charge on any atom is -0.412 e. The minimum atomic E-state index is 0. The number of halogens is 1. The number of benzene rings is 1. The van der Waals surface area contributed by atoms with Gasteiger partial charge in [0, 0.05) is 48.0 Å². The number of imidazole rings is 1. The van der Waals surface area contributed by atoms with Crippen LogP contribution in [0, 0.1) is 12.8 Å². The van der Waals surface area contributed by atoms with Gasteiger partial charge in [-0.25, -0.2) is 4.98 Å². The van der Waals surface area contributed by atoms with Crippen molar-refractivity contribution in [3.05, 3.63) is 53.2 Å². The zero-order valence-electron chi connectivity index (χ0n) is 15.4. The fourth-order valence-electron chi connectivity index (χ4n) is 4.60. The van der Waals surface area contributed by atoms with Crippen LogP contribution in [0.4, 0.5) is 0 Å². The topological polar surface area (TPSA) is 103 Å². The minimum absolute atomic E-state index is 0. The van der Waals surface area contributed by atoms with E-state index in [0.717, 1.165) is 43.7 Å². The summed E-state index contributed by atoms with van der Waals surface area (Å²) in [4.78, 5) is 17.6. The average molecular weight is 392 g/mol. The van der Waals surface area contributed by atoms with Gasteiger partial charge in [-0.1, -0.05) is 18.2 Å². The third kappa shape index (κ3) is 3.08. The molecule has 4 N–H and O–H groups in total. The summed E-state index contributed by atoms with van der Waals surface area (Å²) in [5, 5.41) is 1.18. The summed E-state index contributed by atoms with van der Waals surface area (Å²) in [6, 6.07) is 6.48. The molecule has 0 bridgehead atoms. The third-order valence-corrected chi connectivity index (χ3v) is 5.79. The largest absolute Gasteiger partial charge is 0.412 e. The van der Waals surface area contributed by atoms with Crippen LogP contribution in [0.5, 0.6) is 0 Å². The van der Waals surface area contributed by atoms with Crippen molar-refractivity contribution in [3.63, 3.8) is 0 Å². The number of rotatable bonds is 2. The number of aromatic nitrogens is 3. The average Bonchev–Trinajstić information content (AvgIpc) is 3.15. The van der Waals surface area contributed by atoms with Gasteiger partial charge in [-0.15, -0.1) is 12.4 Å². The molecule has 0 saturated heterocycles. The molecule has 27 heavy (non-hydrogen) atoms. The van der Waals surface area contributed by atoms with E-state index in [1.165, 1.54) is 28.6 Å². The molecule has 1 aromatic carbocycles. The van der Waals surface area contributed by atoms with Gasteiger partial charge in [0.1, 0.15) is 5.82 Å². The molecule has 6 nitrogen and oxygen atoms in total. The zero-order chi connectivity index (χ0) is 16.3. The Morgan fingerprint density at radius 1 is 1.22 bits per heavy atom. The Labute approximate surface area is 164 Å². The van der Waals surface area contributed by atoms with Gasteiger partial charge < -0.3 is 20.1 Å². The molecule has 3 heterocycles. The van der Waals surface area contributed by atoms with Gasteiger partial charge >= 0.3 is 0 Å². The Bertz CT molecular complexity index is 976. The van der Waals surface area contributed by atoms with Gasteiger partial charge in [0.2, 0.25) is 0 Å². The number of nitrogens with zero attached hydrogens (tertiary/aromatic N) is 3. The van der Waals surface area contributed by atoms with E-state index in [-0.39, 0.29) is 29.3 Å². The van der Waals surface area contributed by atoms with Gasteiger partial charge in [-0.3, -0.25) is 4.79 Å². The number of Topliss-reactive ketones (excluding diaryl/α,β-unsaturated/α-hetero) is 1. The van der Waals surface area contributed by atoms with E-state index in [1.807, 2.05) is 19.3 Å². The van der Waals surface area contributed by atoms with Gasteiger partial charge in [-0.2, -0.15) is 0 Å². The standard InChI is InChI=1S/C20H21N3O.ClH.2H2O/c1-13-21-9-11-22(13)12-15-7-8-17-18(20(15)24)16-6-2-4-14-5-3-10-23(17)19(14)16;;;/h2,4,6,9,11,15H,3,5,7-8,10,12H2,1H3;1H;2*1H2/t15-;;;/m1.../s1. The van der Waals surface area contributed by atoms with Crippen LogP contribution in [-0.2, 0) is 25.9 Å². The van der Waals surface area contributed by atoms with E-state index in [9.17, 15) is 4.79 Å². The fraction of sp³-hybridized carbons (Fsp3) is 0.400. The molecule has 146 valence electrons. The molecule has 2 aliphatic rings. The Morgan fingerprint density at radius 3 is 2.78 bits per heavy atom. The monoisotopic (exact) mass is 391 g/mol. The van der Waals surface area contributed by atoms with E-state index < -0.39 is 0 Å². The number of ketones is 1. The molecule has 0 unspecified atom stereocenters. The summed E-state index contributed by atoms with van der Waals surface area (Å²) in [7, 11) is 0. The molecule has 0 fully saturated rings. The molecule has 2 aromatic heterocycles. The van der Waals surface area contributed by atoms with Crippen LogP contribution in [-0.4, -0.2) is 30.9 Å². The first-order valence-electron chi connectivity index (χ1n) is 8.89. The van der Waals surface area contributed by atoms with Crippen molar-refractivity contribution in [2.75, 3.05) is 0 Å². The summed E-state index contributed by atoms with van der Waals surface area (Å²) < 4.78 is 4.54. The van der Waals surface area contributed by atoms with Gasteiger partial charge in [-0.05, 0) is 38.2 Å². The van der Waals surface area contributed by atoms with Crippen LogP contribution < -0.4 is 0 Å². The first-order chi connectivity index (χ1) is 11.7. The quantitative estimate of drug-likeness (QED) is 0.668. The lowest BCUT2D eigenvalue weighted by molar-refractivity contribution is 0.0887. The molecule has 0 amide bonds. The second kappa shape index (κ2) is 7.84. The van der Waals surface area contributed by atoms with Crippen molar-refractivity contribution >= 4 is 29.1 Å². The predicted octanol–water partition coefficient (Wildman–Crippen LogP) is 2.31. The van der Waals surface area contributed by atoms with Crippen LogP contribution >= 0.6 is 12.4 Å². The second-order valence-corrected chi connectivity index (χ2v) is 7.12. The maximum Gasteiger partial charge on any atom is 0.170 e. The smallest absolute Gasteiger partial charge is 0.170 e. The Balaban J connectivity index is 0.000000871. The van der Waals surface area contributed by atoms with Crippen LogP contribution in [0.2, 0.25) is 0 Å². The van der Waals surface area contributed by atoms with Crippen molar-refractivity contribution in [2.45, 2.75) is 45.7 Å². The van der Waals surface area contributed by atoms with Gasteiger partial charge in [0.05, 0.1) is 5.52 Å². The molecule has 1 aliphatic carbocycles. The SMILES string of the molecule is Cc1nccn1C[C@H]1CCc2c(c3cccc4c3n2CCC4)C1=O.Cl.O.O. The predicted molar refractivity (Wildman–Crippen MR) is 108 cm³/mol. The van der Waals surface area contributed by atoms with Crippen LogP contribution in [0.15, 0.2) is 30.6 Å². The van der Waals surface area contributed by atoms with Crippen molar-refractivity contribution in [3.8, 4) is 0 Å². The maximum atomic E-state index is 13.3. The van der Waals surface area contributed by atoms with E-state index in [1.54, 1.807) is 0 Å². The molecular formula is C20H26ClN3O3. The van der Waals surface area contributed by atoms with Crippen molar-refractivity contribution in [1.82, 2.24) is 14.1 Å². The maximum absolute atomic E-state index is 13.3. The molecule has 0 saturated carbocycles. The number of carbonyl (C=O) groups is 1. The molecule has 1 atom stereocenters. The highest BCUT2D eigenvalue weighted by Gasteiger charge is 2.34. The number of carbonyl (C=O) groups excluding carboxylic acids is 1. The highest BCUT2D eigenvalue weighted by molar-refractivity contribution is 6.12. The van der Waals surface area contributed by atoms with Gasteiger partial charge in [0.15, 0.2) is 5.78 Å². The molecule has 1 aliphatic heterocycles. The van der Waals surface area contributed by atoms with E-state index in [4.69, 9.17) is 0 Å². The third-order valence-electron chi connectivity index (χ3n) is 5.79. The van der Waals surface area contributed by atoms with E-state index >= 15 is 0 Å². The second-order valence-electron chi connectivity index (χ2n) is 7.12. The number of hydrogen-bond donors (Lipinski definition) is 0. The highest BCUT2D eigenvalue weighted by atomic mass is 35.5.